The van der Waals surface area contributed by atoms with Crippen molar-refractivity contribution in [3.8, 4) is 0 Å². The highest BCUT2D eigenvalue weighted by Crippen LogP contribution is 2.29. The molecule has 0 fully saturated rings. The Labute approximate surface area is 115 Å². The third-order valence-electron chi connectivity index (χ3n) is 3.40. The van der Waals surface area contributed by atoms with Gasteiger partial charge in [-0.3, -0.25) is 0 Å². The molecule has 0 saturated heterocycles. The molecule has 0 bridgehead atoms. The van der Waals surface area contributed by atoms with E-state index in [1.54, 1.807) is 6.33 Å². The molecule has 1 heterocycles. The molecule has 2 aromatic rings. The number of aryl methyl sites for hydroxylation is 1. The smallest absolute Gasteiger partial charge is 0.333 e. The largest absolute Gasteiger partial charge is 0.416 e. The molecule has 2 rings (SSSR count). The molecule has 1 atom stereocenters. The molecule has 6 heteroatoms. The van der Waals surface area contributed by atoms with E-state index in [2.05, 4.69) is 4.98 Å². The fourth-order valence-corrected chi connectivity index (χ4v) is 1.96. The lowest BCUT2D eigenvalue weighted by molar-refractivity contribution is -0.137. The van der Waals surface area contributed by atoms with Gasteiger partial charge in [-0.15, -0.1) is 0 Å². The summed E-state index contributed by atoms with van der Waals surface area (Å²) in [7, 11) is 0. The van der Waals surface area contributed by atoms with Crippen LogP contribution in [0.1, 0.15) is 28.6 Å². The van der Waals surface area contributed by atoms with E-state index >= 15 is 0 Å². The van der Waals surface area contributed by atoms with E-state index < -0.39 is 11.7 Å². The van der Waals surface area contributed by atoms with Gasteiger partial charge in [0.15, 0.2) is 0 Å². The van der Waals surface area contributed by atoms with E-state index in [9.17, 15) is 13.2 Å². The van der Waals surface area contributed by atoms with Gasteiger partial charge in [-0.2, -0.15) is 13.2 Å². The highest BCUT2D eigenvalue weighted by Gasteiger charge is 2.30. The summed E-state index contributed by atoms with van der Waals surface area (Å²) in [5.74, 6) is 0. The van der Waals surface area contributed by atoms with Gasteiger partial charge in [-0.05, 0) is 31.5 Å². The highest BCUT2D eigenvalue weighted by atomic mass is 19.4. The standard InChI is InChI=1S/C14H16F3N3/c1-9-10(2)20(8-19-9)7-13(18)11-3-5-12(6-4-11)14(15,16)17/h3-6,8,13H,7,18H2,1-2H3. The van der Waals surface area contributed by atoms with E-state index in [0.29, 0.717) is 12.1 Å². The Kier molecular flexibility index (Phi) is 3.85. The van der Waals surface area contributed by atoms with Crippen LogP contribution in [-0.2, 0) is 12.7 Å². The lowest BCUT2D eigenvalue weighted by Gasteiger charge is -2.15. The zero-order valence-corrected chi connectivity index (χ0v) is 11.3. The average molecular weight is 283 g/mol. The highest BCUT2D eigenvalue weighted by molar-refractivity contribution is 5.26. The van der Waals surface area contributed by atoms with Crippen molar-refractivity contribution in [3.63, 3.8) is 0 Å². The molecule has 0 spiro atoms. The second kappa shape index (κ2) is 5.28. The summed E-state index contributed by atoms with van der Waals surface area (Å²) < 4.78 is 39.3. The second-order valence-electron chi connectivity index (χ2n) is 4.79. The van der Waals surface area contributed by atoms with E-state index in [0.717, 1.165) is 23.5 Å². The Hall–Kier alpha value is -1.82. The van der Waals surface area contributed by atoms with Crippen LogP contribution in [0.2, 0.25) is 0 Å². The van der Waals surface area contributed by atoms with Crippen LogP contribution < -0.4 is 5.73 Å². The molecule has 0 saturated carbocycles. The van der Waals surface area contributed by atoms with Gasteiger partial charge in [-0.25, -0.2) is 4.98 Å². The summed E-state index contributed by atoms with van der Waals surface area (Å²) in [6, 6.07) is 4.59. The van der Waals surface area contributed by atoms with Crippen molar-refractivity contribution in [3.05, 3.63) is 53.1 Å². The minimum absolute atomic E-state index is 0.371. The first kappa shape index (κ1) is 14.6. The molecule has 1 unspecified atom stereocenters. The fraction of sp³-hybridized carbons (Fsp3) is 0.357. The number of imidazole rings is 1. The summed E-state index contributed by atoms with van der Waals surface area (Å²) in [6.45, 7) is 4.31. The maximum atomic E-state index is 12.5. The Balaban J connectivity index is 2.13. The van der Waals surface area contributed by atoms with Gasteiger partial charge >= 0.3 is 6.18 Å². The van der Waals surface area contributed by atoms with E-state index in [1.165, 1.54) is 12.1 Å². The van der Waals surface area contributed by atoms with Gasteiger partial charge in [0.2, 0.25) is 0 Å². The Morgan fingerprint density at radius 3 is 2.25 bits per heavy atom. The zero-order chi connectivity index (χ0) is 14.9. The summed E-state index contributed by atoms with van der Waals surface area (Å²) in [5.41, 5.74) is 7.97. The number of halogens is 3. The van der Waals surface area contributed by atoms with E-state index in [4.69, 9.17) is 5.73 Å². The van der Waals surface area contributed by atoms with Crippen LogP contribution in [-0.4, -0.2) is 9.55 Å². The molecule has 1 aromatic heterocycles. The molecular formula is C14H16F3N3. The van der Waals surface area contributed by atoms with Crippen molar-refractivity contribution in [2.45, 2.75) is 32.6 Å². The van der Waals surface area contributed by atoms with E-state index in [-0.39, 0.29) is 6.04 Å². The number of hydrogen-bond acceptors (Lipinski definition) is 2. The van der Waals surface area contributed by atoms with Gasteiger partial charge in [-0.1, -0.05) is 12.1 Å². The summed E-state index contributed by atoms with van der Waals surface area (Å²) in [6.07, 6.45) is -2.63. The molecule has 0 aliphatic heterocycles. The maximum absolute atomic E-state index is 12.5. The maximum Gasteiger partial charge on any atom is 0.416 e. The lowest BCUT2D eigenvalue weighted by atomic mass is 10.1. The quantitative estimate of drug-likeness (QED) is 0.940. The summed E-state index contributed by atoms with van der Waals surface area (Å²) in [4.78, 5) is 4.17. The molecule has 0 aliphatic carbocycles. The van der Waals surface area contributed by atoms with Crippen molar-refractivity contribution in [1.82, 2.24) is 9.55 Å². The molecule has 0 radical (unpaired) electrons. The van der Waals surface area contributed by atoms with Gasteiger partial charge in [0, 0.05) is 18.3 Å². The average Bonchev–Trinajstić information content (AvgIpc) is 2.70. The number of benzene rings is 1. The molecule has 2 N–H and O–H groups in total. The Morgan fingerprint density at radius 2 is 1.80 bits per heavy atom. The number of aromatic nitrogens is 2. The first-order valence-corrected chi connectivity index (χ1v) is 6.20. The summed E-state index contributed by atoms with van der Waals surface area (Å²) in [5, 5.41) is 0. The predicted octanol–water partition coefficient (Wildman–Crippen LogP) is 3.22. The topological polar surface area (TPSA) is 43.8 Å². The van der Waals surface area contributed by atoms with Crippen LogP contribution in [0.25, 0.3) is 0 Å². The van der Waals surface area contributed by atoms with Crippen molar-refractivity contribution in [2.24, 2.45) is 5.73 Å². The number of rotatable bonds is 3. The minimum Gasteiger partial charge on any atom is -0.333 e. The van der Waals surface area contributed by atoms with Crippen molar-refractivity contribution >= 4 is 0 Å². The molecule has 3 nitrogen and oxygen atoms in total. The second-order valence-corrected chi connectivity index (χ2v) is 4.79. The number of nitrogens with two attached hydrogens (primary N) is 1. The SMILES string of the molecule is Cc1ncn(CC(N)c2ccc(C(F)(F)F)cc2)c1C. The van der Waals surface area contributed by atoms with Crippen LogP contribution in [0, 0.1) is 13.8 Å². The molecular weight excluding hydrogens is 267 g/mol. The third-order valence-corrected chi connectivity index (χ3v) is 3.40. The van der Waals surface area contributed by atoms with Crippen LogP contribution in [0.5, 0.6) is 0 Å². The monoisotopic (exact) mass is 283 g/mol. The molecule has 1 aromatic carbocycles. The van der Waals surface area contributed by atoms with Crippen LogP contribution in [0.4, 0.5) is 13.2 Å². The van der Waals surface area contributed by atoms with Crippen molar-refractivity contribution in [1.29, 1.82) is 0 Å². The number of hydrogen-bond donors (Lipinski definition) is 1. The fourth-order valence-electron chi connectivity index (χ4n) is 1.96. The van der Waals surface area contributed by atoms with Crippen LogP contribution >= 0.6 is 0 Å². The predicted molar refractivity (Wildman–Crippen MR) is 70.1 cm³/mol. The van der Waals surface area contributed by atoms with Gasteiger partial charge in [0.05, 0.1) is 17.6 Å². The Morgan fingerprint density at radius 1 is 1.20 bits per heavy atom. The molecule has 0 aliphatic rings. The number of nitrogens with zero attached hydrogens (tertiary/aromatic N) is 2. The van der Waals surface area contributed by atoms with Gasteiger partial charge in [0.25, 0.3) is 0 Å². The normalized spacial score (nSPS) is 13.5. The van der Waals surface area contributed by atoms with Gasteiger partial charge < -0.3 is 10.3 Å². The molecule has 20 heavy (non-hydrogen) atoms. The summed E-state index contributed by atoms with van der Waals surface area (Å²) >= 11 is 0. The van der Waals surface area contributed by atoms with Crippen LogP contribution in [0.15, 0.2) is 30.6 Å². The van der Waals surface area contributed by atoms with Crippen molar-refractivity contribution < 1.29 is 13.2 Å². The van der Waals surface area contributed by atoms with E-state index in [1.807, 2.05) is 18.4 Å². The van der Waals surface area contributed by atoms with Crippen molar-refractivity contribution in [2.75, 3.05) is 0 Å². The Bertz CT molecular complexity index is 585. The molecule has 0 amide bonds. The molecule has 108 valence electrons. The first-order valence-electron chi connectivity index (χ1n) is 6.20. The third kappa shape index (κ3) is 3.01. The number of alkyl halides is 3. The minimum atomic E-state index is -4.32. The zero-order valence-electron chi connectivity index (χ0n) is 11.3. The lowest BCUT2D eigenvalue weighted by Crippen LogP contribution is -2.18. The first-order chi connectivity index (χ1) is 9.29. The van der Waals surface area contributed by atoms with Gasteiger partial charge in [0.1, 0.15) is 0 Å². The van der Waals surface area contributed by atoms with Crippen LogP contribution in [0.3, 0.4) is 0 Å².